The maximum atomic E-state index is 4.38. The monoisotopic (exact) mass is 347 g/mol. The number of aromatic nitrogens is 2. The Morgan fingerprint density at radius 1 is 0.778 bits per heavy atom. The van der Waals surface area contributed by atoms with Crippen molar-refractivity contribution < 1.29 is 0 Å². The van der Waals surface area contributed by atoms with Gasteiger partial charge in [0.15, 0.2) is 0 Å². The minimum Gasteiger partial charge on any atom is -0.326 e. The number of anilines is 1. The molecule has 27 heavy (non-hydrogen) atoms. The molecule has 4 heterocycles. The molecule has 0 fully saturated rings. The van der Waals surface area contributed by atoms with Crippen LogP contribution in [0.3, 0.4) is 0 Å². The summed E-state index contributed by atoms with van der Waals surface area (Å²) in [6.45, 7) is 0. The summed E-state index contributed by atoms with van der Waals surface area (Å²) in [5.41, 5.74) is 8.62. The SMILES string of the molecule is C1=C(c2ccccc2)N2c3ccccc3-n3cccc3C2c2ccncc21. The molecule has 0 spiro atoms. The second-order valence-electron chi connectivity index (χ2n) is 6.96. The maximum Gasteiger partial charge on any atom is 0.101 e. The lowest BCUT2D eigenvalue weighted by atomic mass is 9.89. The molecule has 0 radical (unpaired) electrons. The fraction of sp³-hybridized carbons (Fsp3) is 0.0417. The number of pyridine rings is 1. The highest BCUT2D eigenvalue weighted by Gasteiger charge is 2.37. The number of para-hydroxylation sites is 2. The standard InChI is InChI=1S/C24H17N3/c1-2-7-17(8-3-1)23-15-18-16-25-13-12-19(18)24-22-11-6-14-26(22)20-9-4-5-10-21(20)27(23)24/h1-16,24H. The van der Waals surface area contributed by atoms with Crippen molar-refractivity contribution in [2.24, 2.45) is 0 Å². The van der Waals surface area contributed by atoms with Crippen LogP contribution in [-0.2, 0) is 0 Å². The van der Waals surface area contributed by atoms with E-state index in [9.17, 15) is 0 Å². The molecule has 128 valence electrons. The molecular weight excluding hydrogens is 330 g/mol. The predicted molar refractivity (Wildman–Crippen MR) is 109 cm³/mol. The van der Waals surface area contributed by atoms with Crippen molar-refractivity contribution in [3.63, 3.8) is 0 Å². The van der Waals surface area contributed by atoms with Crippen LogP contribution in [0.5, 0.6) is 0 Å². The van der Waals surface area contributed by atoms with Gasteiger partial charge in [-0.15, -0.1) is 0 Å². The van der Waals surface area contributed by atoms with Crippen molar-refractivity contribution in [2.75, 3.05) is 4.90 Å². The Hall–Kier alpha value is -3.59. The Bertz CT molecular complexity index is 1190. The lowest BCUT2D eigenvalue weighted by Gasteiger charge is -2.44. The molecule has 1 atom stereocenters. The van der Waals surface area contributed by atoms with Gasteiger partial charge in [-0.3, -0.25) is 4.98 Å². The van der Waals surface area contributed by atoms with E-state index in [1.807, 2.05) is 12.4 Å². The van der Waals surface area contributed by atoms with Crippen LogP contribution in [0.2, 0.25) is 0 Å². The van der Waals surface area contributed by atoms with E-state index in [1.165, 1.54) is 39.5 Å². The average molecular weight is 347 g/mol. The Kier molecular flexibility index (Phi) is 2.94. The summed E-state index contributed by atoms with van der Waals surface area (Å²) in [6.07, 6.45) is 8.30. The zero-order valence-corrected chi connectivity index (χ0v) is 14.7. The number of nitrogens with zero attached hydrogens (tertiary/aromatic N) is 3. The average Bonchev–Trinajstić information content (AvgIpc) is 3.23. The molecule has 4 aromatic rings. The molecule has 1 unspecified atom stereocenters. The molecule has 0 amide bonds. The van der Waals surface area contributed by atoms with Crippen LogP contribution in [-0.4, -0.2) is 9.55 Å². The van der Waals surface area contributed by atoms with Crippen molar-refractivity contribution in [1.82, 2.24) is 9.55 Å². The van der Waals surface area contributed by atoms with Gasteiger partial charge in [0, 0.05) is 24.2 Å². The molecular formula is C24H17N3. The van der Waals surface area contributed by atoms with E-state index in [0.29, 0.717) is 0 Å². The molecule has 2 aliphatic rings. The zero-order valence-electron chi connectivity index (χ0n) is 14.7. The number of hydrogen-bond acceptors (Lipinski definition) is 2. The van der Waals surface area contributed by atoms with E-state index >= 15 is 0 Å². The van der Waals surface area contributed by atoms with Crippen LogP contribution in [0.25, 0.3) is 17.5 Å². The highest BCUT2D eigenvalue weighted by molar-refractivity contribution is 5.96. The summed E-state index contributed by atoms with van der Waals surface area (Å²) in [4.78, 5) is 6.86. The Morgan fingerprint density at radius 2 is 1.59 bits per heavy atom. The maximum absolute atomic E-state index is 4.38. The first-order chi connectivity index (χ1) is 13.4. The topological polar surface area (TPSA) is 21.1 Å². The molecule has 0 saturated heterocycles. The molecule has 3 heteroatoms. The van der Waals surface area contributed by atoms with Crippen molar-refractivity contribution in [3.8, 4) is 5.69 Å². The van der Waals surface area contributed by atoms with Crippen LogP contribution in [0.4, 0.5) is 5.69 Å². The number of fused-ring (bicyclic) bond motifs is 8. The summed E-state index contributed by atoms with van der Waals surface area (Å²) in [5, 5.41) is 0. The third-order valence-electron chi connectivity index (χ3n) is 5.52. The number of hydrogen-bond donors (Lipinski definition) is 0. The molecule has 3 nitrogen and oxygen atoms in total. The highest BCUT2D eigenvalue weighted by Crippen LogP contribution is 2.49. The number of rotatable bonds is 1. The third kappa shape index (κ3) is 1.99. The largest absolute Gasteiger partial charge is 0.326 e. The molecule has 0 saturated carbocycles. The first-order valence-corrected chi connectivity index (χ1v) is 9.19. The van der Waals surface area contributed by atoms with Gasteiger partial charge in [-0.05, 0) is 47.5 Å². The van der Waals surface area contributed by atoms with Gasteiger partial charge in [0.25, 0.3) is 0 Å². The van der Waals surface area contributed by atoms with Crippen molar-refractivity contribution in [3.05, 3.63) is 114 Å². The van der Waals surface area contributed by atoms with Gasteiger partial charge in [-0.25, -0.2) is 0 Å². The normalized spacial score (nSPS) is 16.7. The minimum atomic E-state index is 0.133. The first-order valence-electron chi connectivity index (χ1n) is 9.19. The molecule has 0 N–H and O–H groups in total. The second-order valence-corrected chi connectivity index (χ2v) is 6.96. The van der Waals surface area contributed by atoms with Gasteiger partial charge in [-0.2, -0.15) is 0 Å². The Labute approximate surface area is 157 Å². The predicted octanol–water partition coefficient (Wildman–Crippen LogP) is 5.29. The van der Waals surface area contributed by atoms with Gasteiger partial charge in [0.2, 0.25) is 0 Å². The molecule has 0 aliphatic carbocycles. The molecule has 2 aliphatic heterocycles. The van der Waals surface area contributed by atoms with Crippen molar-refractivity contribution in [2.45, 2.75) is 6.04 Å². The van der Waals surface area contributed by atoms with E-state index in [0.717, 1.165) is 0 Å². The molecule has 6 rings (SSSR count). The van der Waals surface area contributed by atoms with E-state index in [1.54, 1.807) is 0 Å². The van der Waals surface area contributed by atoms with Crippen molar-refractivity contribution >= 4 is 17.5 Å². The van der Waals surface area contributed by atoms with Crippen LogP contribution < -0.4 is 4.90 Å². The summed E-state index contributed by atoms with van der Waals surface area (Å²) in [5.74, 6) is 0. The summed E-state index contributed by atoms with van der Waals surface area (Å²) in [7, 11) is 0. The van der Waals surface area contributed by atoms with Crippen LogP contribution in [0, 0.1) is 0 Å². The van der Waals surface area contributed by atoms with Crippen LogP contribution in [0.15, 0.2) is 91.4 Å². The third-order valence-corrected chi connectivity index (χ3v) is 5.52. The van der Waals surface area contributed by atoms with Crippen molar-refractivity contribution in [1.29, 1.82) is 0 Å². The smallest absolute Gasteiger partial charge is 0.101 e. The van der Waals surface area contributed by atoms with Gasteiger partial charge >= 0.3 is 0 Å². The van der Waals surface area contributed by atoms with Gasteiger partial charge in [0.1, 0.15) is 6.04 Å². The Morgan fingerprint density at radius 3 is 2.48 bits per heavy atom. The molecule has 0 bridgehead atoms. The fourth-order valence-electron chi connectivity index (χ4n) is 4.38. The summed E-state index contributed by atoms with van der Waals surface area (Å²) >= 11 is 0. The number of benzene rings is 2. The van der Waals surface area contributed by atoms with Crippen LogP contribution in [0.1, 0.15) is 28.4 Å². The van der Waals surface area contributed by atoms with E-state index in [2.05, 4.69) is 99.5 Å². The van der Waals surface area contributed by atoms with Gasteiger partial charge < -0.3 is 9.47 Å². The minimum absolute atomic E-state index is 0.133. The quantitative estimate of drug-likeness (QED) is 0.466. The van der Waals surface area contributed by atoms with Crippen LogP contribution >= 0.6 is 0 Å². The van der Waals surface area contributed by atoms with Gasteiger partial charge in [0.05, 0.1) is 22.8 Å². The van der Waals surface area contributed by atoms with E-state index in [-0.39, 0.29) is 6.04 Å². The fourth-order valence-corrected chi connectivity index (χ4v) is 4.38. The Balaban J connectivity index is 1.71. The zero-order chi connectivity index (χ0) is 17.8. The van der Waals surface area contributed by atoms with E-state index in [4.69, 9.17) is 0 Å². The second kappa shape index (κ2) is 5.45. The van der Waals surface area contributed by atoms with Gasteiger partial charge in [-0.1, -0.05) is 42.5 Å². The molecule has 2 aromatic carbocycles. The highest BCUT2D eigenvalue weighted by atomic mass is 15.3. The first kappa shape index (κ1) is 14.6. The summed E-state index contributed by atoms with van der Waals surface area (Å²) < 4.78 is 2.31. The molecule has 2 aromatic heterocycles. The summed E-state index contributed by atoms with van der Waals surface area (Å²) in [6, 6.07) is 25.9. The van der Waals surface area contributed by atoms with E-state index < -0.39 is 0 Å². The lowest BCUT2D eigenvalue weighted by molar-refractivity contribution is 0.726. The lowest BCUT2D eigenvalue weighted by Crippen LogP contribution is -2.36.